The second kappa shape index (κ2) is 18.5. The number of hydrogen-bond donors (Lipinski definition) is 4. The summed E-state index contributed by atoms with van der Waals surface area (Å²) in [6.45, 7) is 0. The minimum absolute atomic E-state index is 0.00920. The highest BCUT2D eigenvalue weighted by Gasteiger charge is 2.33. The smallest absolute Gasteiger partial charge is 0.179 e. The van der Waals surface area contributed by atoms with E-state index < -0.39 is 19.7 Å². The molecule has 59 heavy (non-hydrogen) atoms. The molecular weight excluding hydrogens is 816 g/mol. The number of sulfone groups is 2. The van der Waals surface area contributed by atoms with Crippen molar-refractivity contribution >= 4 is 83.3 Å². The van der Waals surface area contributed by atoms with Gasteiger partial charge in [0.05, 0.1) is 22.5 Å². The Kier molecular flexibility index (Phi) is 13.2. The van der Waals surface area contributed by atoms with Crippen LogP contribution < -0.4 is 21.7 Å². The lowest BCUT2D eigenvalue weighted by atomic mass is 10.1. The Hall–Kier alpha value is -6.37. The van der Waals surface area contributed by atoms with Crippen LogP contribution in [0.4, 0.5) is 40.5 Å². The predicted octanol–water partition coefficient (Wildman–Crippen LogP) is 6.89. The molecular formula is C40H39ClN10O6S2. The zero-order chi connectivity index (χ0) is 42.2. The molecule has 0 unspecified atom stereocenters. The van der Waals surface area contributed by atoms with E-state index in [0.29, 0.717) is 40.0 Å². The van der Waals surface area contributed by atoms with Crippen molar-refractivity contribution < 1.29 is 26.4 Å². The van der Waals surface area contributed by atoms with Gasteiger partial charge in [0.1, 0.15) is 44.0 Å². The molecule has 6 aromatic rings. The molecule has 304 valence electrons. The van der Waals surface area contributed by atoms with Crippen molar-refractivity contribution in [1.29, 1.82) is 0 Å². The summed E-state index contributed by atoms with van der Waals surface area (Å²) in [5.41, 5.74) is 6.90. The number of nitrogens with zero attached hydrogens (tertiary/aromatic N) is 6. The van der Waals surface area contributed by atoms with E-state index in [9.17, 15) is 26.4 Å². The molecule has 5 N–H and O–H groups in total. The van der Waals surface area contributed by atoms with Crippen molar-refractivity contribution in [2.75, 3.05) is 34.2 Å². The molecule has 16 nitrogen and oxygen atoms in total. The Morgan fingerprint density at radius 1 is 0.593 bits per heavy atom. The maximum absolute atomic E-state index is 12.7. The Morgan fingerprint density at radius 2 is 1.08 bits per heavy atom. The molecule has 0 spiro atoms. The van der Waals surface area contributed by atoms with Gasteiger partial charge in [-0.1, -0.05) is 23.7 Å². The number of carbonyl (C=O) groups excluding carboxylic acids is 2. The standard InChI is InChI=1S/C20H19N5O3S.C15H14ClN3O3S.C5H6N2/c1-29(27,28)16-5-4-10-22-20(16)24-15-11-18(25-17-6-2-3-9-21-17)23-12-14(15)19(26)13-7-8-13;1-23(21,22)12-3-2-6-17-15(12)19-11-7-13(16)18-8-10(11)14(20)9-4-5-9;6-5-3-1-2-4-7-5/h2-6,9-13H,7-8H2,1H3,(H2,21,22,23,24,25);2-3,6-9H,4-5H2,1H3,(H,17,18,19);1-4H,(H2,6,7). The van der Waals surface area contributed by atoms with Crippen molar-refractivity contribution in [2.24, 2.45) is 11.8 Å². The molecule has 2 aliphatic rings. The van der Waals surface area contributed by atoms with Gasteiger partial charge >= 0.3 is 0 Å². The molecule has 0 aliphatic heterocycles. The largest absolute Gasteiger partial charge is 0.384 e. The van der Waals surface area contributed by atoms with Gasteiger partial charge in [-0.15, -0.1) is 0 Å². The van der Waals surface area contributed by atoms with E-state index in [1.807, 2.05) is 18.2 Å². The highest BCUT2D eigenvalue weighted by molar-refractivity contribution is 7.91. The van der Waals surface area contributed by atoms with Crippen molar-refractivity contribution in [2.45, 2.75) is 35.5 Å². The molecule has 0 amide bonds. The van der Waals surface area contributed by atoms with Crippen molar-refractivity contribution in [3.8, 4) is 0 Å². The minimum atomic E-state index is -3.50. The molecule has 0 radical (unpaired) electrons. The topological polar surface area (TPSA) is 242 Å². The highest BCUT2D eigenvalue weighted by atomic mass is 35.5. The van der Waals surface area contributed by atoms with Crippen LogP contribution in [0.1, 0.15) is 46.4 Å². The molecule has 19 heteroatoms. The van der Waals surface area contributed by atoms with Crippen LogP contribution in [0.3, 0.4) is 0 Å². The van der Waals surface area contributed by atoms with Gasteiger partial charge in [-0.25, -0.2) is 46.7 Å². The van der Waals surface area contributed by atoms with E-state index in [4.69, 9.17) is 17.3 Å². The lowest BCUT2D eigenvalue weighted by Crippen LogP contribution is -2.10. The average Bonchev–Trinajstić information content (AvgIpc) is 4.14. The molecule has 0 atom stereocenters. The van der Waals surface area contributed by atoms with Crippen LogP contribution >= 0.6 is 11.6 Å². The highest BCUT2D eigenvalue weighted by Crippen LogP contribution is 2.37. The molecule has 6 aromatic heterocycles. The summed E-state index contributed by atoms with van der Waals surface area (Å²) >= 11 is 5.91. The summed E-state index contributed by atoms with van der Waals surface area (Å²) in [6.07, 6.45) is 14.8. The Morgan fingerprint density at radius 3 is 1.53 bits per heavy atom. The fourth-order valence-electron chi connectivity index (χ4n) is 5.45. The number of nitrogens with one attached hydrogen (secondary N) is 3. The predicted molar refractivity (Wildman–Crippen MR) is 225 cm³/mol. The third-order valence-corrected chi connectivity index (χ3v) is 11.1. The van der Waals surface area contributed by atoms with Gasteiger partial charge in [0, 0.05) is 67.6 Å². The normalized spacial score (nSPS) is 13.4. The van der Waals surface area contributed by atoms with Gasteiger partial charge in [-0.3, -0.25) is 9.59 Å². The average molecular weight is 855 g/mol. The molecule has 0 bridgehead atoms. The zero-order valence-electron chi connectivity index (χ0n) is 31.8. The van der Waals surface area contributed by atoms with Gasteiger partial charge in [0.15, 0.2) is 31.2 Å². The number of carbonyl (C=O) groups is 2. The number of rotatable bonds is 12. The quantitative estimate of drug-likeness (QED) is 0.0723. The Balaban J connectivity index is 0.000000173. The third-order valence-electron chi connectivity index (χ3n) is 8.66. The van der Waals surface area contributed by atoms with Crippen molar-refractivity contribution in [3.63, 3.8) is 0 Å². The number of anilines is 7. The first-order valence-electron chi connectivity index (χ1n) is 18.1. The van der Waals surface area contributed by atoms with E-state index >= 15 is 0 Å². The number of hydrogen-bond acceptors (Lipinski definition) is 16. The summed E-state index contributed by atoms with van der Waals surface area (Å²) in [7, 11) is -6.96. The summed E-state index contributed by atoms with van der Waals surface area (Å²) in [6, 6.07) is 20.0. The molecule has 2 fully saturated rings. The maximum atomic E-state index is 12.7. The summed E-state index contributed by atoms with van der Waals surface area (Å²) in [5.74, 6) is 1.92. The fourth-order valence-corrected chi connectivity index (χ4v) is 7.17. The van der Waals surface area contributed by atoms with E-state index in [1.54, 1.807) is 42.7 Å². The first-order valence-corrected chi connectivity index (χ1v) is 22.3. The van der Waals surface area contributed by atoms with E-state index in [-0.39, 0.29) is 50.0 Å². The zero-order valence-corrected chi connectivity index (χ0v) is 34.2. The Bertz CT molecular complexity index is 2690. The fraction of sp³-hybridized carbons (Fsp3) is 0.200. The first-order chi connectivity index (χ1) is 28.2. The maximum Gasteiger partial charge on any atom is 0.179 e. The van der Waals surface area contributed by atoms with E-state index in [0.717, 1.165) is 38.2 Å². The molecule has 6 heterocycles. The monoisotopic (exact) mass is 854 g/mol. The van der Waals surface area contributed by atoms with Crippen LogP contribution in [0.2, 0.25) is 5.15 Å². The molecule has 2 aliphatic carbocycles. The lowest BCUT2D eigenvalue weighted by Gasteiger charge is -2.14. The number of pyridine rings is 6. The van der Waals surface area contributed by atoms with Gasteiger partial charge in [-0.2, -0.15) is 0 Å². The van der Waals surface area contributed by atoms with Gasteiger partial charge in [-0.05, 0) is 80.3 Å². The molecule has 0 aromatic carbocycles. The summed E-state index contributed by atoms with van der Waals surface area (Å²) in [4.78, 5) is 49.6. The van der Waals surface area contributed by atoms with Crippen LogP contribution in [-0.2, 0) is 19.7 Å². The van der Waals surface area contributed by atoms with Crippen LogP contribution in [0.15, 0.2) is 120 Å². The van der Waals surface area contributed by atoms with Crippen LogP contribution in [-0.4, -0.2) is 70.8 Å². The second-order valence-corrected chi connectivity index (χ2v) is 17.9. The van der Waals surface area contributed by atoms with E-state index in [1.165, 1.54) is 49.1 Å². The van der Waals surface area contributed by atoms with Crippen LogP contribution in [0.25, 0.3) is 0 Å². The third kappa shape index (κ3) is 11.8. The molecule has 8 rings (SSSR count). The lowest BCUT2D eigenvalue weighted by molar-refractivity contribution is 0.0960. The summed E-state index contributed by atoms with van der Waals surface area (Å²) in [5, 5.41) is 9.22. The van der Waals surface area contributed by atoms with E-state index in [2.05, 4.69) is 45.9 Å². The number of aromatic nitrogens is 6. The second-order valence-electron chi connectivity index (χ2n) is 13.5. The van der Waals surface area contributed by atoms with Crippen molar-refractivity contribution in [1.82, 2.24) is 29.9 Å². The van der Waals surface area contributed by atoms with Crippen LogP contribution in [0.5, 0.6) is 0 Å². The number of ketones is 2. The Labute approximate surface area is 346 Å². The van der Waals surface area contributed by atoms with Crippen molar-refractivity contribution in [3.05, 3.63) is 126 Å². The number of nitrogens with two attached hydrogens (primary N) is 1. The minimum Gasteiger partial charge on any atom is -0.384 e. The van der Waals surface area contributed by atoms with Crippen LogP contribution in [0, 0.1) is 11.8 Å². The number of halogens is 1. The number of Topliss-reactive ketones (excluding diaryl/α,β-unsaturated/α-hetero) is 2. The summed E-state index contributed by atoms with van der Waals surface area (Å²) < 4.78 is 47.9. The first kappa shape index (κ1) is 42.2. The van der Waals surface area contributed by atoms with Gasteiger partial charge < -0.3 is 21.7 Å². The van der Waals surface area contributed by atoms with Gasteiger partial charge in [0.25, 0.3) is 0 Å². The SMILES string of the molecule is CS(=O)(=O)c1cccnc1Nc1cc(Cl)ncc1C(=O)C1CC1.CS(=O)(=O)c1cccnc1Nc1cc(Nc2ccccn2)ncc1C(=O)C1CC1.Nc1ccccn1. The number of nitrogen functional groups attached to an aromatic ring is 1. The molecule has 0 saturated heterocycles. The molecule has 2 saturated carbocycles. The van der Waals surface area contributed by atoms with Gasteiger partial charge in [0.2, 0.25) is 0 Å².